The van der Waals surface area contributed by atoms with Gasteiger partial charge in [0.1, 0.15) is 28.7 Å². The van der Waals surface area contributed by atoms with E-state index >= 15 is 0 Å². The lowest BCUT2D eigenvalue weighted by Gasteiger charge is -2.11. The summed E-state index contributed by atoms with van der Waals surface area (Å²) in [5.41, 5.74) is 11.5. The van der Waals surface area contributed by atoms with E-state index in [0.717, 1.165) is 33.5 Å². The van der Waals surface area contributed by atoms with Crippen molar-refractivity contribution in [2.45, 2.75) is 6.92 Å². The molecule has 0 bridgehead atoms. The van der Waals surface area contributed by atoms with Crippen LogP contribution in [0.5, 0.6) is 5.75 Å². The summed E-state index contributed by atoms with van der Waals surface area (Å²) in [4.78, 5) is 4.41. The Bertz CT molecular complexity index is 1320. The van der Waals surface area contributed by atoms with E-state index in [1.807, 2.05) is 32.4 Å². The van der Waals surface area contributed by atoms with Gasteiger partial charge in [-0.1, -0.05) is 0 Å². The van der Waals surface area contributed by atoms with Gasteiger partial charge < -0.3 is 10.5 Å². The van der Waals surface area contributed by atoms with Crippen LogP contribution < -0.4 is 14.9 Å². The van der Waals surface area contributed by atoms with Crippen LogP contribution in [0.25, 0.3) is 27.7 Å². The number of nitrogens with zero attached hydrogens (tertiary/aromatic N) is 6. The molecule has 5 aromatic rings. The van der Waals surface area contributed by atoms with Crippen LogP contribution >= 0.6 is 0 Å². The molecule has 0 fully saturated rings. The minimum atomic E-state index is 0.371. The zero-order valence-electron chi connectivity index (χ0n) is 13.0. The van der Waals surface area contributed by atoms with Gasteiger partial charge in [-0.3, -0.25) is 4.40 Å². The summed E-state index contributed by atoms with van der Waals surface area (Å²) in [6.07, 6.45) is 3.34. The number of fused-ring (bicyclic) bond motifs is 3. The molecule has 1 aromatic carbocycles. The molecule has 5 rings (SSSR count). The molecule has 0 aliphatic heterocycles. The van der Waals surface area contributed by atoms with Gasteiger partial charge in [-0.05, 0) is 24.2 Å². The number of anilines is 1. The van der Waals surface area contributed by atoms with Crippen molar-refractivity contribution in [3.05, 3.63) is 35.9 Å². The van der Waals surface area contributed by atoms with E-state index in [1.165, 1.54) is 0 Å². The number of hydrogen-bond donors (Lipinski definition) is 1. The Kier molecular flexibility index (Phi) is 2.16. The molecule has 0 unspecified atom stereocenters. The van der Waals surface area contributed by atoms with Crippen LogP contribution in [-0.2, 0) is 0 Å². The number of nitrogen functional groups attached to an aromatic ring is 1. The van der Waals surface area contributed by atoms with Gasteiger partial charge in [0.25, 0.3) is 5.65 Å². The molecule has 4 heterocycles. The zero-order valence-corrected chi connectivity index (χ0v) is 13.0. The summed E-state index contributed by atoms with van der Waals surface area (Å²) in [6.45, 7) is 1.96. The first-order chi connectivity index (χ1) is 11.7. The lowest BCUT2D eigenvalue weighted by atomic mass is 10.1. The first-order valence-corrected chi connectivity index (χ1v) is 7.33. The highest BCUT2D eigenvalue weighted by molar-refractivity contribution is 6.02. The van der Waals surface area contributed by atoms with Crippen molar-refractivity contribution in [2.75, 3.05) is 12.8 Å². The number of methoxy groups -OCH3 is 1. The topological polar surface area (TPSA) is 97.7 Å². The quantitative estimate of drug-likeness (QED) is 0.368. The first-order valence-electron chi connectivity index (χ1n) is 7.33. The Morgan fingerprint density at radius 2 is 2.12 bits per heavy atom. The van der Waals surface area contributed by atoms with Gasteiger partial charge in [0.15, 0.2) is 11.0 Å². The number of nitrogens with two attached hydrogens (primary N) is 1. The van der Waals surface area contributed by atoms with E-state index in [0.29, 0.717) is 16.9 Å². The zero-order chi connectivity index (χ0) is 16.6. The van der Waals surface area contributed by atoms with Crippen LogP contribution in [-0.4, -0.2) is 26.1 Å². The van der Waals surface area contributed by atoms with Gasteiger partial charge in [0.05, 0.1) is 12.6 Å². The molecular formula is C16H12N7O+. The van der Waals surface area contributed by atoms with E-state index in [4.69, 9.17) is 10.5 Å². The third-order valence-electron chi connectivity index (χ3n) is 4.59. The third-order valence-corrected chi connectivity index (χ3v) is 4.59. The molecule has 8 heteroatoms. The maximum atomic E-state index is 9.55. The van der Waals surface area contributed by atoms with Crippen molar-refractivity contribution in [1.29, 1.82) is 5.26 Å². The molecule has 0 amide bonds. The highest BCUT2D eigenvalue weighted by Crippen LogP contribution is 2.35. The van der Waals surface area contributed by atoms with Crippen molar-refractivity contribution in [2.24, 2.45) is 0 Å². The average molecular weight is 318 g/mol. The standard InChI is InChI=1S/C16H11N7O/c1-8-11(24-2)4-3-10-13(8)22-14-12(9(5-17)15(22)18)19-6-21-7-20-23(10)16(14)21/h3-4,6-7,18H,1-2H3/p+1. The second-order valence-electron chi connectivity index (χ2n) is 5.68. The minimum Gasteiger partial charge on any atom is -0.496 e. The summed E-state index contributed by atoms with van der Waals surface area (Å²) < 4.78 is 11.0. The van der Waals surface area contributed by atoms with Gasteiger partial charge in [-0.15, -0.1) is 9.50 Å². The Balaban J connectivity index is 2.26. The van der Waals surface area contributed by atoms with Crippen LogP contribution in [0, 0.1) is 18.3 Å². The van der Waals surface area contributed by atoms with Crippen molar-refractivity contribution in [3.63, 3.8) is 0 Å². The van der Waals surface area contributed by atoms with Crippen LogP contribution in [0.15, 0.2) is 24.8 Å². The van der Waals surface area contributed by atoms with E-state index in [1.54, 1.807) is 19.8 Å². The van der Waals surface area contributed by atoms with Crippen LogP contribution in [0.3, 0.4) is 0 Å². The van der Waals surface area contributed by atoms with Crippen molar-refractivity contribution in [1.82, 2.24) is 19.0 Å². The minimum absolute atomic E-state index is 0.371. The van der Waals surface area contributed by atoms with E-state index in [2.05, 4.69) is 16.2 Å². The Morgan fingerprint density at radius 3 is 2.88 bits per heavy atom. The Hall–Kier alpha value is -3.60. The molecule has 0 saturated heterocycles. The summed E-state index contributed by atoms with van der Waals surface area (Å²) in [7, 11) is 1.63. The summed E-state index contributed by atoms with van der Waals surface area (Å²) in [5, 5.41) is 14.0. The fourth-order valence-electron chi connectivity index (χ4n) is 3.52. The highest BCUT2D eigenvalue weighted by atomic mass is 16.5. The molecular weight excluding hydrogens is 306 g/mol. The normalized spacial score (nSPS) is 11.9. The summed E-state index contributed by atoms with van der Waals surface area (Å²) in [6, 6.07) is 6.02. The molecule has 24 heavy (non-hydrogen) atoms. The number of hydrogen-bond acceptors (Lipinski definition) is 5. The number of aryl methyl sites for hydroxylation is 1. The molecule has 2 N–H and O–H groups in total. The molecule has 0 aliphatic carbocycles. The number of aromatic nitrogens is 5. The van der Waals surface area contributed by atoms with Gasteiger partial charge in [0.2, 0.25) is 12.7 Å². The third kappa shape index (κ3) is 1.23. The maximum Gasteiger partial charge on any atom is 0.268 e. The van der Waals surface area contributed by atoms with E-state index < -0.39 is 0 Å². The van der Waals surface area contributed by atoms with Crippen LogP contribution in [0.2, 0.25) is 0 Å². The fourth-order valence-corrected chi connectivity index (χ4v) is 3.52. The monoisotopic (exact) mass is 318 g/mol. The van der Waals surface area contributed by atoms with Crippen molar-refractivity contribution < 1.29 is 9.14 Å². The van der Waals surface area contributed by atoms with Gasteiger partial charge in [-0.25, -0.2) is 0 Å². The molecule has 4 aromatic heterocycles. The predicted molar refractivity (Wildman–Crippen MR) is 86.2 cm³/mol. The molecule has 116 valence electrons. The Labute approximate surface area is 135 Å². The smallest absolute Gasteiger partial charge is 0.268 e. The van der Waals surface area contributed by atoms with Gasteiger partial charge in [-0.2, -0.15) is 9.66 Å². The summed E-state index contributed by atoms with van der Waals surface area (Å²) >= 11 is 0. The second kappa shape index (κ2) is 4.02. The number of benzene rings is 1. The number of rotatable bonds is 1. The number of nitriles is 1. The molecule has 0 spiro atoms. The average Bonchev–Trinajstić information content (AvgIpc) is 3.13. The largest absolute Gasteiger partial charge is 0.496 e. The van der Waals surface area contributed by atoms with Crippen molar-refractivity contribution >= 4 is 33.5 Å². The SMILES string of the molecule is COc1ccc2c(c1C)n1c(N)c(C#N)c3nc[n+]4cnn2c4c31. The lowest BCUT2D eigenvalue weighted by molar-refractivity contribution is -0.514. The highest BCUT2D eigenvalue weighted by Gasteiger charge is 2.28. The maximum absolute atomic E-state index is 9.55. The second-order valence-corrected chi connectivity index (χ2v) is 5.68. The fraction of sp³-hybridized carbons (Fsp3) is 0.125. The summed E-state index contributed by atoms with van der Waals surface area (Å²) in [5.74, 6) is 1.12. The molecule has 0 atom stereocenters. The first kappa shape index (κ1) is 12.9. The van der Waals surface area contributed by atoms with Crippen LogP contribution in [0.4, 0.5) is 5.82 Å². The van der Waals surface area contributed by atoms with E-state index in [-0.39, 0.29) is 0 Å². The van der Waals surface area contributed by atoms with E-state index in [9.17, 15) is 5.26 Å². The molecule has 0 saturated carbocycles. The molecule has 0 aliphatic rings. The van der Waals surface area contributed by atoms with Crippen LogP contribution in [0.1, 0.15) is 11.1 Å². The Morgan fingerprint density at radius 1 is 1.29 bits per heavy atom. The van der Waals surface area contributed by atoms with Crippen molar-refractivity contribution in [3.8, 4) is 11.8 Å². The van der Waals surface area contributed by atoms with Gasteiger partial charge >= 0.3 is 0 Å². The molecule has 8 nitrogen and oxygen atoms in total. The lowest BCUT2D eigenvalue weighted by Crippen LogP contribution is -2.20. The van der Waals surface area contributed by atoms with Gasteiger partial charge in [0, 0.05) is 5.56 Å². The molecule has 0 radical (unpaired) electrons. The number of ether oxygens (including phenoxy) is 1. The predicted octanol–water partition coefficient (Wildman–Crippen LogP) is 1.08.